The first-order chi connectivity index (χ1) is 16.6. The number of anilines is 2. The molecule has 0 spiro atoms. The molecule has 3 rings (SSSR count). The van der Waals surface area contributed by atoms with Gasteiger partial charge in [-0.1, -0.05) is 43.7 Å². The molecule has 0 aliphatic carbocycles. The lowest BCUT2D eigenvalue weighted by Crippen LogP contribution is -2.25. The smallest absolute Gasteiger partial charge is 0.251 e. The van der Waals surface area contributed by atoms with Crippen molar-refractivity contribution in [3.05, 3.63) is 84.4 Å². The molecule has 7 heteroatoms. The molecule has 178 valence electrons. The lowest BCUT2D eigenvalue weighted by molar-refractivity contribution is -0.114. The van der Waals surface area contributed by atoms with Crippen molar-refractivity contribution in [2.24, 2.45) is 0 Å². The van der Waals surface area contributed by atoms with Gasteiger partial charge >= 0.3 is 0 Å². The minimum Gasteiger partial charge on any atom is -0.490 e. The van der Waals surface area contributed by atoms with E-state index in [1.165, 1.54) is 0 Å². The summed E-state index contributed by atoms with van der Waals surface area (Å²) < 4.78 is 11.4. The van der Waals surface area contributed by atoms with E-state index in [9.17, 15) is 9.59 Å². The third-order valence-electron chi connectivity index (χ3n) is 4.88. The Labute approximate surface area is 200 Å². The van der Waals surface area contributed by atoms with Crippen LogP contribution in [-0.2, 0) is 4.79 Å². The predicted molar refractivity (Wildman–Crippen MR) is 135 cm³/mol. The molecule has 0 saturated heterocycles. The second kappa shape index (κ2) is 13.5. The Bertz CT molecular complexity index is 1060. The minimum atomic E-state index is -0.217. The topological polar surface area (TPSA) is 88.7 Å². The van der Waals surface area contributed by atoms with Crippen molar-refractivity contribution >= 4 is 23.2 Å². The molecule has 0 atom stereocenters. The van der Waals surface area contributed by atoms with Crippen LogP contribution in [0, 0.1) is 0 Å². The first-order valence-corrected chi connectivity index (χ1v) is 11.5. The summed E-state index contributed by atoms with van der Waals surface area (Å²) in [7, 11) is 0. The Morgan fingerprint density at radius 1 is 0.794 bits per heavy atom. The van der Waals surface area contributed by atoms with Gasteiger partial charge in [-0.25, -0.2) is 0 Å². The molecule has 3 aromatic carbocycles. The zero-order chi connectivity index (χ0) is 24.0. The third-order valence-corrected chi connectivity index (χ3v) is 4.88. The van der Waals surface area contributed by atoms with Crippen LogP contribution in [0.15, 0.2) is 78.9 Å². The number of benzene rings is 3. The maximum Gasteiger partial charge on any atom is 0.251 e. The van der Waals surface area contributed by atoms with Gasteiger partial charge in [-0.3, -0.25) is 9.59 Å². The molecule has 0 heterocycles. The van der Waals surface area contributed by atoms with E-state index >= 15 is 0 Å². The quantitative estimate of drug-likeness (QED) is 0.321. The van der Waals surface area contributed by atoms with Gasteiger partial charge in [0.15, 0.2) is 0 Å². The molecule has 2 amide bonds. The molecule has 3 N–H and O–H groups in total. The van der Waals surface area contributed by atoms with Crippen molar-refractivity contribution in [3.8, 4) is 11.5 Å². The van der Waals surface area contributed by atoms with Gasteiger partial charge in [0, 0.05) is 29.5 Å². The van der Waals surface area contributed by atoms with Crippen molar-refractivity contribution in [2.45, 2.75) is 19.8 Å². The van der Waals surface area contributed by atoms with Crippen molar-refractivity contribution in [3.63, 3.8) is 0 Å². The van der Waals surface area contributed by atoms with E-state index in [0.717, 1.165) is 24.3 Å². The van der Waals surface area contributed by atoms with Crippen molar-refractivity contribution < 1.29 is 19.1 Å². The average molecular weight is 462 g/mol. The average Bonchev–Trinajstić information content (AvgIpc) is 2.86. The SMILES string of the molecule is CCCCNC(=O)c1cccc(NC(=O)CNc2cccc(OCCOc3ccccc3)c2)c1. The van der Waals surface area contributed by atoms with Gasteiger partial charge in [-0.15, -0.1) is 0 Å². The number of rotatable bonds is 13. The van der Waals surface area contributed by atoms with E-state index in [0.29, 0.717) is 36.8 Å². The van der Waals surface area contributed by atoms with Gasteiger partial charge in [0.1, 0.15) is 24.7 Å². The summed E-state index contributed by atoms with van der Waals surface area (Å²) in [4.78, 5) is 24.6. The minimum absolute atomic E-state index is 0.0769. The van der Waals surface area contributed by atoms with Gasteiger partial charge in [0.2, 0.25) is 5.91 Å². The van der Waals surface area contributed by atoms with Crippen LogP contribution in [-0.4, -0.2) is 38.1 Å². The fourth-order valence-corrected chi connectivity index (χ4v) is 3.14. The Morgan fingerprint density at radius 2 is 1.50 bits per heavy atom. The van der Waals surface area contributed by atoms with Gasteiger partial charge in [-0.2, -0.15) is 0 Å². The fourth-order valence-electron chi connectivity index (χ4n) is 3.14. The molecule has 0 radical (unpaired) electrons. The molecule has 0 aliphatic heterocycles. The zero-order valence-corrected chi connectivity index (χ0v) is 19.4. The molecule has 0 fully saturated rings. The predicted octanol–water partition coefficient (Wildman–Crippen LogP) is 4.72. The lowest BCUT2D eigenvalue weighted by Gasteiger charge is -2.11. The van der Waals surface area contributed by atoms with Crippen LogP contribution in [0.4, 0.5) is 11.4 Å². The van der Waals surface area contributed by atoms with E-state index in [2.05, 4.69) is 22.9 Å². The summed E-state index contributed by atoms with van der Waals surface area (Å²) in [6.45, 7) is 3.62. The largest absolute Gasteiger partial charge is 0.490 e. The second-order valence-electron chi connectivity index (χ2n) is 7.63. The van der Waals surface area contributed by atoms with Crippen LogP contribution in [0.1, 0.15) is 30.1 Å². The van der Waals surface area contributed by atoms with Gasteiger partial charge in [0.05, 0.1) is 6.54 Å². The Kier molecular flexibility index (Phi) is 9.80. The number of carbonyl (C=O) groups is 2. The van der Waals surface area contributed by atoms with E-state index in [4.69, 9.17) is 9.47 Å². The highest BCUT2D eigenvalue weighted by atomic mass is 16.5. The Morgan fingerprint density at radius 3 is 2.29 bits per heavy atom. The molecule has 0 saturated carbocycles. The normalized spacial score (nSPS) is 10.3. The van der Waals surface area contributed by atoms with E-state index in [-0.39, 0.29) is 18.4 Å². The van der Waals surface area contributed by atoms with Crippen molar-refractivity contribution in [2.75, 3.05) is 36.9 Å². The van der Waals surface area contributed by atoms with Crippen LogP contribution in [0.25, 0.3) is 0 Å². The van der Waals surface area contributed by atoms with Crippen LogP contribution < -0.4 is 25.4 Å². The molecule has 7 nitrogen and oxygen atoms in total. The van der Waals surface area contributed by atoms with Crippen LogP contribution in [0.3, 0.4) is 0 Å². The van der Waals surface area contributed by atoms with Gasteiger partial charge in [0.25, 0.3) is 5.91 Å². The lowest BCUT2D eigenvalue weighted by atomic mass is 10.2. The highest BCUT2D eigenvalue weighted by molar-refractivity contribution is 5.98. The van der Waals surface area contributed by atoms with Crippen LogP contribution >= 0.6 is 0 Å². The monoisotopic (exact) mass is 461 g/mol. The molecule has 3 aromatic rings. The summed E-state index contributed by atoms with van der Waals surface area (Å²) in [6.07, 6.45) is 1.95. The summed E-state index contributed by atoms with van der Waals surface area (Å²) in [5.41, 5.74) is 1.86. The Hall–Kier alpha value is -4.00. The standard InChI is InChI=1S/C27H31N3O4/c1-2-3-15-28-27(32)21-9-7-11-23(18-21)30-26(31)20-29-22-10-8-14-25(19-22)34-17-16-33-24-12-5-4-6-13-24/h4-14,18-19,29H,2-3,15-17,20H2,1H3,(H,28,32)(H,30,31). The number of para-hydroxylation sites is 1. The fraction of sp³-hybridized carbons (Fsp3) is 0.259. The highest BCUT2D eigenvalue weighted by Crippen LogP contribution is 2.18. The van der Waals surface area contributed by atoms with Gasteiger partial charge in [-0.05, 0) is 48.9 Å². The van der Waals surface area contributed by atoms with E-state index in [1.54, 1.807) is 24.3 Å². The number of hydrogen-bond donors (Lipinski definition) is 3. The van der Waals surface area contributed by atoms with E-state index in [1.807, 2.05) is 54.6 Å². The van der Waals surface area contributed by atoms with Crippen molar-refractivity contribution in [1.29, 1.82) is 0 Å². The number of carbonyl (C=O) groups excluding carboxylic acids is 2. The summed E-state index contributed by atoms with van der Waals surface area (Å²) in [5, 5.41) is 8.78. The first kappa shape index (κ1) is 24.6. The van der Waals surface area contributed by atoms with Crippen LogP contribution in [0.2, 0.25) is 0 Å². The molecular formula is C27H31N3O4. The van der Waals surface area contributed by atoms with E-state index < -0.39 is 0 Å². The molecular weight excluding hydrogens is 430 g/mol. The van der Waals surface area contributed by atoms with Crippen molar-refractivity contribution in [1.82, 2.24) is 5.32 Å². The third kappa shape index (κ3) is 8.50. The number of hydrogen-bond acceptors (Lipinski definition) is 5. The maximum atomic E-state index is 12.4. The summed E-state index contributed by atoms with van der Waals surface area (Å²) in [6, 6.07) is 23.9. The number of ether oxygens (including phenoxy) is 2. The molecule has 0 bridgehead atoms. The molecule has 0 aliphatic rings. The van der Waals surface area contributed by atoms with Gasteiger partial charge < -0.3 is 25.4 Å². The highest BCUT2D eigenvalue weighted by Gasteiger charge is 2.08. The summed E-state index contributed by atoms with van der Waals surface area (Å²) >= 11 is 0. The molecule has 34 heavy (non-hydrogen) atoms. The Balaban J connectivity index is 1.42. The molecule has 0 aromatic heterocycles. The molecule has 0 unspecified atom stereocenters. The van der Waals surface area contributed by atoms with Crippen LogP contribution in [0.5, 0.6) is 11.5 Å². The first-order valence-electron chi connectivity index (χ1n) is 11.5. The zero-order valence-electron chi connectivity index (χ0n) is 19.4. The summed E-state index contributed by atoms with van der Waals surface area (Å²) in [5.74, 6) is 1.12. The number of amides is 2. The second-order valence-corrected chi connectivity index (χ2v) is 7.63. The number of nitrogens with one attached hydrogen (secondary N) is 3. The maximum absolute atomic E-state index is 12.4. The number of unbranched alkanes of at least 4 members (excludes halogenated alkanes) is 1.